The van der Waals surface area contributed by atoms with Crippen LogP contribution in [0.3, 0.4) is 0 Å². The fraction of sp³-hybridized carbons (Fsp3) is 0.222. The molecule has 5 heteroatoms. The molecular formula is C18H16BrNO3. The molecular weight excluding hydrogens is 358 g/mol. The van der Waals surface area contributed by atoms with E-state index in [1.807, 2.05) is 30.3 Å². The molecule has 0 unspecified atom stereocenters. The maximum absolute atomic E-state index is 12.6. The Bertz CT molecular complexity index is 759. The van der Waals surface area contributed by atoms with E-state index < -0.39 is 12.1 Å². The lowest BCUT2D eigenvalue weighted by Crippen LogP contribution is -2.39. The van der Waals surface area contributed by atoms with E-state index in [9.17, 15) is 9.59 Å². The Morgan fingerprint density at radius 3 is 2.61 bits per heavy atom. The van der Waals surface area contributed by atoms with Gasteiger partial charge in [0.2, 0.25) is 0 Å². The predicted molar refractivity (Wildman–Crippen MR) is 91.5 cm³/mol. The molecule has 0 fully saturated rings. The molecule has 4 nitrogen and oxygen atoms in total. The molecule has 0 aliphatic carbocycles. The number of nitrogens with zero attached hydrogens (tertiary/aromatic N) is 1. The zero-order valence-electron chi connectivity index (χ0n) is 12.7. The number of anilines is 1. The molecule has 2 aromatic rings. The van der Waals surface area contributed by atoms with Crippen molar-refractivity contribution in [1.29, 1.82) is 0 Å². The van der Waals surface area contributed by atoms with Crippen LogP contribution < -0.4 is 4.90 Å². The van der Waals surface area contributed by atoms with Crippen molar-refractivity contribution in [1.82, 2.24) is 0 Å². The topological polar surface area (TPSA) is 46.6 Å². The quantitative estimate of drug-likeness (QED) is 0.772. The summed E-state index contributed by atoms with van der Waals surface area (Å²) in [6.45, 7) is 2.23. The van der Waals surface area contributed by atoms with Crippen LogP contribution in [0.25, 0.3) is 0 Å². The highest BCUT2D eigenvalue weighted by molar-refractivity contribution is 9.10. The van der Waals surface area contributed by atoms with Crippen LogP contribution in [-0.2, 0) is 16.0 Å². The van der Waals surface area contributed by atoms with Gasteiger partial charge < -0.3 is 9.64 Å². The van der Waals surface area contributed by atoms with Crippen molar-refractivity contribution in [2.75, 3.05) is 11.4 Å². The summed E-state index contributed by atoms with van der Waals surface area (Å²) < 4.78 is 6.00. The zero-order chi connectivity index (χ0) is 16.4. The normalized spacial score (nSPS) is 14.3. The summed E-state index contributed by atoms with van der Waals surface area (Å²) in [5, 5.41) is 0. The predicted octanol–water partition coefficient (Wildman–Crippen LogP) is 3.58. The summed E-state index contributed by atoms with van der Waals surface area (Å²) in [5.74, 6) is -0.707. The second kappa shape index (κ2) is 6.54. The van der Waals surface area contributed by atoms with E-state index in [2.05, 4.69) is 15.9 Å². The van der Waals surface area contributed by atoms with E-state index in [1.165, 1.54) is 0 Å². The number of esters is 1. The molecule has 1 aliphatic rings. The molecule has 0 saturated carbocycles. The van der Waals surface area contributed by atoms with Crippen molar-refractivity contribution in [3.8, 4) is 0 Å². The number of amides is 1. The van der Waals surface area contributed by atoms with Gasteiger partial charge in [-0.05, 0) is 53.0 Å². The lowest BCUT2D eigenvalue weighted by Gasteiger charge is -2.21. The summed E-state index contributed by atoms with van der Waals surface area (Å²) in [5.41, 5.74) is 2.46. The van der Waals surface area contributed by atoms with E-state index in [0.29, 0.717) is 16.6 Å². The van der Waals surface area contributed by atoms with Gasteiger partial charge in [0.25, 0.3) is 5.91 Å². The largest absolute Gasteiger partial charge is 0.449 e. The minimum Gasteiger partial charge on any atom is -0.449 e. The summed E-state index contributed by atoms with van der Waals surface area (Å²) in [4.78, 5) is 26.5. The third-order valence-corrected chi connectivity index (χ3v) is 4.57. The third kappa shape index (κ3) is 3.15. The van der Waals surface area contributed by atoms with Gasteiger partial charge in [-0.25, -0.2) is 4.79 Å². The highest BCUT2D eigenvalue weighted by Gasteiger charge is 2.30. The molecule has 0 aromatic heterocycles. The molecule has 1 amide bonds. The van der Waals surface area contributed by atoms with Crippen molar-refractivity contribution < 1.29 is 14.3 Å². The lowest BCUT2D eigenvalue weighted by atomic mass is 10.2. The Morgan fingerprint density at radius 1 is 1.13 bits per heavy atom. The molecule has 0 N–H and O–H groups in total. The van der Waals surface area contributed by atoms with Crippen LogP contribution in [0.1, 0.15) is 22.8 Å². The molecule has 0 spiro atoms. The Kier molecular flexibility index (Phi) is 4.48. The van der Waals surface area contributed by atoms with Gasteiger partial charge in [-0.15, -0.1) is 0 Å². The van der Waals surface area contributed by atoms with Crippen LogP contribution in [0.15, 0.2) is 53.0 Å². The standard InChI is InChI=1S/C18H16BrNO3/c1-12(23-18(22)14-7-3-4-8-15(14)19)17(21)20-11-10-13-6-2-5-9-16(13)20/h2-9,12H,10-11H2,1H3/t12-/m1/s1. The van der Waals surface area contributed by atoms with Crippen LogP contribution in [0.4, 0.5) is 5.69 Å². The van der Waals surface area contributed by atoms with Gasteiger partial charge in [0.05, 0.1) is 5.56 Å². The Morgan fingerprint density at radius 2 is 1.83 bits per heavy atom. The van der Waals surface area contributed by atoms with Crippen LogP contribution >= 0.6 is 15.9 Å². The van der Waals surface area contributed by atoms with E-state index in [0.717, 1.165) is 17.7 Å². The van der Waals surface area contributed by atoms with E-state index in [-0.39, 0.29) is 5.91 Å². The number of fused-ring (bicyclic) bond motifs is 1. The average molecular weight is 374 g/mol. The number of benzene rings is 2. The van der Waals surface area contributed by atoms with Crippen molar-refractivity contribution in [3.05, 3.63) is 64.1 Å². The molecule has 2 aromatic carbocycles. The Labute approximate surface area is 143 Å². The maximum Gasteiger partial charge on any atom is 0.340 e. The first-order valence-corrected chi connectivity index (χ1v) is 8.22. The molecule has 3 rings (SSSR count). The molecule has 1 aliphatic heterocycles. The van der Waals surface area contributed by atoms with Crippen LogP contribution in [-0.4, -0.2) is 24.5 Å². The highest BCUT2D eigenvalue weighted by atomic mass is 79.9. The van der Waals surface area contributed by atoms with E-state index in [1.54, 1.807) is 30.0 Å². The van der Waals surface area contributed by atoms with E-state index in [4.69, 9.17) is 4.74 Å². The maximum atomic E-state index is 12.6. The first-order chi connectivity index (χ1) is 11.1. The van der Waals surface area contributed by atoms with Gasteiger partial charge in [-0.3, -0.25) is 4.79 Å². The second-order valence-corrected chi connectivity index (χ2v) is 6.25. The smallest absolute Gasteiger partial charge is 0.340 e. The van der Waals surface area contributed by atoms with E-state index >= 15 is 0 Å². The van der Waals surface area contributed by atoms with Crippen LogP contribution in [0.5, 0.6) is 0 Å². The van der Waals surface area contributed by atoms with Crippen LogP contribution in [0.2, 0.25) is 0 Å². The Hall–Kier alpha value is -2.14. The number of rotatable bonds is 3. The Balaban J connectivity index is 1.72. The molecule has 0 radical (unpaired) electrons. The highest BCUT2D eigenvalue weighted by Crippen LogP contribution is 2.28. The summed E-state index contributed by atoms with van der Waals surface area (Å²) in [7, 11) is 0. The number of para-hydroxylation sites is 1. The number of carbonyl (C=O) groups is 2. The number of hydrogen-bond acceptors (Lipinski definition) is 3. The minimum absolute atomic E-state index is 0.199. The van der Waals surface area contributed by atoms with Gasteiger partial charge in [0.15, 0.2) is 6.10 Å². The summed E-state index contributed by atoms with van der Waals surface area (Å²) in [6, 6.07) is 14.8. The third-order valence-electron chi connectivity index (χ3n) is 3.88. The van der Waals surface area contributed by atoms with Gasteiger partial charge in [0, 0.05) is 16.7 Å². The number of hydrogen-bond donors (Lipinski definition) is 0. The molecule has 0 bridgehead atoms. The first-order valence-electron chi connectivity index (χ1n) is 7.42. The molecule has 1 atom stereocenters. The minimum atomic E-state index is -0.833. The van der Waals surface area contributed by atoms with Gasteiger partial charge in [-0.1, -0.05) is 30.3 Å². The number of carbonyl (C=O) groups excluding carboxylic acids is 2. The van der Waals surface area contributed by atoms with Crippen molar-refractivity contribution >= 4 is 33.5 Å². The molecule has 1 heterocycles. The summed E-state index contributed by atoms with van der Waals surface area (Å²) >= 11 is 3.32. The number of halogens is 1. The molecule has 23 heavy (non-hydrogen) atoms. The molecule has 118 valence electrons. The second-order valence-electron chi connectivity index (χ2n) is 5.40. The van der Waals surface area contributed by atoms with Gasteiger partial charge >= 0.3 is 5.97 Å². The fourth-order valence-corrected chi connectivity index (χ4v) is 3.13. The average Bonchev–Trinajstić information content (AvgIpc) is 2.98. The lowest BCUT2D eigenvalue weighted by molar-refractivity contribution is -0.126. The zero-order valence-corrected chi connectivity index (χ0v) is 14.2. The van der Waals surface area contributed by atoms with Crippen molar-refractivity contribution in [3.63, 3.8) is 0 Å². The summed E-state index contributed by atoms with van der Waals surface area (Å²) in [6.07, 6.45) is -0.00642. The van der Waals surface area contributed by atoms with Gasteiger partial charge in [-0.2, -0.15) is 0 Å². The van der Waals surface area contributed by atoms with Gasteiger partial charge in [0.1, 0.15) is 0 Å². The first kappa shape index (κ1) is 15.7. The SMILES string of the molecule is C[C@@H](OC(=O)c1ccccc1Br)C(=O)N1CCc2ccccc21. The monoisotopic (exact) mass is 373 g/mol. The number of ether oxygens (including phenoxy) is 1. The van der Waals surface area contributed by atoms with Crippen molar-refractivity contribution in [2.45, 2.75) is 19.4 Å². The molecule has 0 saturated heterocycles. The van der Waals surface area contributed by atoms with Crippen molar-refractivity contribution in [2.24, 2.45) is 0 Å². The fourth-order valence-electron chi connectivity index (χ4n) is 2.69. The van der Waals surface area contributed by atoms with Crippen LogP contribution in [0, 0.1) is 0 Å².